The van der Waals surface area contributed by atoms with Gasteiger partial charge in [0, 0.05) is 29.5 Å². The number of amides is 2. The molecule has 0 radical (unpaired) electrons. The van der Waals surface area contributed by atoms with Crippen LogP contribution in [-0.4, -0.2) is 70.1 Å². The topological polar surface area (TPSA) is 94.6 Å². The summed E-state index contributed by atoms with van der Waals surface area (Å²) in [5.41, 5.74) is 3.01. The van der Waals surface area contributed by atoms with E-state index >= 15 is 0 Å². The predicted octanol–water partition coefficient (Wildman–Crippen LogP) is 5.77. The lowest BCUT2D eigenvalue weighted by molar-refractivity contribution is -0.146. The van der Waals surface area contributed by atoms with Crippen LogP contribution in [0.5, 0.6) is 5.75 Å². The van der Waals surface area contributed by atoms with Crippen LogP contribution in [0.3, 0.4) is 0 Å². The number of nitrogens with one attached hydrogen (secondary N) is 1. The molecule has 4 aliphatic heterocycles. The van der Waals surface area contributed by atoms with E-state index in [1.54, 1.807) is 7.11 Å². The van der Waals surface area contributed by atoms with Gasteiger partial charge >= 0.3 is 0 Å². The zero-order valence-electron chi connectivity index (χ0n) is 31.1. The minimum atomic E-state index is -2.25. The summed E-state index contributed by atoms with van der Waals surface area (Å²) in [5.74, 6) is 0.774. The Hall–Kier alpha value is -4.48. The van der Waals surface area contributed by atoms with Crippen molar-refractivity contribution in [3.05, 3.63) is 114 Å². The standard InChI is InChI=1S/C43H50N4O5Si/c1-30-39(53(3,4)35-20-18-34(51-2)19-21-35)38(22-27-48)52-43(30)36-12-8-9-13-37(36)45(41(43)50)28-31-14-16-32(17-15-31)46-29-47(33-10-6-5-7-11-33)42(40(46)49)23-25-44-26-24-42/h5-21,30,38-39,44,48H,22-29H2,1-4H3/t30-,38+,39-,43+/m0/s1. The van der Waals surface area contributed by atoms with Crippen LogP contribution in [0.1, 0.15) is 37.3 Å². The molecule has 0 aromatic heterocycles. The summed E-state index contributed by atoms with van der Waals surface area (Å²) in [6, 6.07) is 34.7. The second-order valence-electron chi connectivity index (χ2n) is 15.7. The molecule has 10 heteroatoms. The van der Waals surface area contributed by atoms with Gasteiger partial charge in [0.25, 0.3) is 11.8 Å². The molecule has 4 heterocycles. The third-order valence-corrected chi connectivity index (χ3v) is 17.0. The highest BCUT2D eigenvalue weighted by Gasteiger charge is 2.66. The van der Waals surface area contributed by atoms with E-state index in [2.05, 4.69) is 54.5 Å². The third-order valence-electron chi connectivity index (χ3n) is 12.7. The largest absolute Gasteiger partial charge is 0.497 e. The number of nitrogens with zero attached hydrogens (tertiary/aromatic N) is 3. The monoisotopic (exact) mass is 730 g/mol. The number of para-hydroxylation sites is 2. The van der Waals surface area contributed by atoms with Gasteiger partial charge in [-0.3, -0.25) is 14.5 Å². The number of carbonyl (C=O) groups is 2. The van der Waals surface area contributed by atoms with Crippen molar-refractivity contribution >= 4 is 42.1 Å². The summed E-state index contributed by atoms with van der Waals surface area (Å²) in [6.45, 7) is 9.35. The Balaban J connectivity index is 1.08. The smallest absolute Gasteiger partial charge is 0.264 e. The van der Waals surface area contributed by atoms with Gasteiger partial charge in [0.15, 0.2) is 5.60 Å². The van der Waals surface area contributed by atoms with E-state index in [0.29, 0.717) is 19.6 Å². The van der Waals surface area contributed by atoms with Crippen LogP contribution in [0.4, 0.5) is 17.1 Å². The molecule has 3 saturated heterocycles. The molecule has 2 N–H and O–H groups in total. The molecule has 3 fully saturated rings. The number of aliphatic hydroxyl groups excluding tert-OH is 1. The van der Waals surface area contributed by atoms with E-state index in [9.17, 15) is 14.7 Å². The molecule has 0 bridgehead atoms. The number of benzene rings is 4. The zero-order valence-corrected chi connectivity index (χ0v) is 32.1. The molecular formula is C43H50N4O5Si. The fourth-order valence-electron chi connectivity index (χ4n) is 9.95. The summed E-state index contributed by atoms with van der Waals surface area (Å²) >= 11 is 0. The molecule has 9 nitrogen and oxygen atoms in total. The molecule has 276 valence electrons. The van der Waals surface area contributed by atoms with Crippen molar-refractivity contribution in [2.24, 2.45) is 5.92 Å². The Kier molecular flexibility index (Phi) is 9.21. The normalized spacial score (nSPS) is 25.2. The Morgan fingerprint density at radius 1 is 0.868 bits per heavy atom. The molecule has 2 amide bonds. The maximum atomic E-state index is 15.0. The number of piperidine rings is 1. The van der Waals surface area contributed by atoms with Crippen LogP contribution in [0.25, 0.3) is 0 Å². The van der Waals surface area contributed by atoms with Crippen molar-refractivity contribution in [1.29, 1.82) is 0 Å². The molecule has 2 spiro atoms. The van der Waals surface area contributed by atoms with E-state index in [4.69, 9.17) is 9.47 Å². The Morgan fingerprint density at radius 2 is 1.55 bits per heavy atom. The highest BCUT2D eigenvalue weighted by molar-refractivity contribution is 6.91. The van der Waals surface area contributed by atoms with Gasteiger partial charge in [-0.05, 0) is 85.9 Å². The fraction of sp³-hybridized carbons (Fsp3) is 0.395. The predicted molar refractivity (Wildman–Crippen MR) is 211 cm³/mol. The van der Waals surface area contributed by atoms with Crippen LogP contribution in [0.15, 0.2) is 103 Å². The van der Waals surface area contributed by atoms with Gasteiger partial charge in [-0.2, -0.15) is 0 Å². The SMILES string of the molecule is COc1ccc([Si](C)(C)[C@@H]2[C@@H](CCO)O[C@]3(C(=O)N(Cc4ccc(N5CN(c6ccccc6)C6(CCNCC6)C5=O)cc4)c4ccccc43)[C@H]2C)cc1. The van der Waals surface area contributed by atoms with Gasteiger partial charge in [0.05, 0.1) is 40.2 Å². The van der Waals surface area contributed by atoms with Crippen LogP contribution >= 0.6 is 0 Å². The molecule has 4 aliphatic rings. The summed E-state index contributed by atoms with van der Waals surface area (Å²) < 4.78 is 12.5. The first kappa shape index (κ1) is 35.5. The number of methoxy groups -OCH3 is 1. The number of rotatable bonds is 9. The quantitative estimate of drug-likeness (QED) is 0.211. The molecule has 4 atom stereocenters. The number of hydrogen-bond donors (Lipinski definition) is 2. The molecule has 0 saturated carbocycles. The Morgan fingerprint density at radius 3 is 2.23 bits per heavy atom. The second kappa shape index (κ2) is 13.7. The lowest BCUT2D eigenvalue weighted by Gasteiger charge is -2.39. The van der Waals surface area contributed by atoms with E-state index in [1.807, 2.05) is 88.7 Å². The number of fused-ring (bicyclic) bond motifs is 2. The van der Waals surface area contributed by atoms with Crippen molar-refractivity contribution in [3.63, 3.8) is 0 Å². The van der Waals surface area contributed by atoms with Crippen molar-refractivity contribution < 1.29 is 24.2 Å². The van der Waals surface area contributed by atoms with Crippen molar-refractivity contribution in [2.45, 2.75) is 68.6 Å². The number of hydrogen-bond acceptors (Lipinski definition) is 7. The molecule has 4 aromatic rings. The maximum absolute atomic E-state index is 15.0. The van der Waals surface area contributed by atoms with Crippen molar-refractivity contribution in [2.75, 3.05) is 48.2 Å². The fourth-order valence-corrected chi connectivity index (χ4v) is 14.0. The molecule has 0 unspecified atom stereocenters. The van der Waals surface area contributed by atoms with Gasteiger partial charge in [-0.15, -0.1) is 0 Å². The minimum Gasteiger partial charge on any atom is -0.497 e. The highest BCUT2D eigenvalue weighted by atomic mass is 28.3. The molecular weight excluding hydrogens is 681 g/mol. The van der Waals surface area contributed by atoms with E-state index in [-0.39, 0.29) is 36.0 Å². The van der Waals surface area contributed by atoms with Crippen molar-refractivity contribution in [3.8, 4) is 5.75 Å². The number of ether oxygens (including phenoxy) is 2. The first-order valence-corrected chi connectivity index (χ1v) is 22.0. The number of carbonyl (C=O) groups excluding carboxylic acids is 2. The van der Waals surface area contributed by atoms with E-state index in [1.165, 1.54) is 5.19 Å². The maximum Gasteiger partial charge on any atom is 0.264 e. The molecule has 53 heavy (non-hydrogen) atoms. The molecule has 8 rings (SSSR count). The molecule has 4 aromatic carbocycles. The van der Waals surface area contributed by atoms with Crippen molar-refractivity contribution in [1.82, 2.24) is 5.32 Å². The summed E-state index contributed by atoms with van der Waals surface area (Å²) in [7, 11) is -0.581. The number of aliphatic hydroxyl groups is 1. The van der Waals surface area contributed by atoms with Gasteiger partial charge in [0.1, 0.15) is 11.3 Å². The summed E-state index contributed by atoms with van der Waals surface area (Å²) in [5, 5.41) is 14.9. The Bertz CT molecular complexity index is 1970. The average Bonchev–Trinajstić information content (AvgIpc) is 3.73. The van der Waals surface area contributed by atoms with Gasteiger partial charge in [-0.1, -0.05) is 85.9 Å². The Labute approximate surface area is 313 Å². The molecule has 0 aliphatic carbocycles. The minimum absolute atomic E-state index is 0.0103. The third kappa shape index (κ3) is 5.61. The van der Waals surface area contributed by atoms with E-state index < -0.39 is 19.2 Å². The van der Waals surface area contributed by atoms with Crippen LogP contribution in [0, 0.1) is 5.92 Å². The highest BCUT2D eigenvalue weighted by Crippen LogP contribution is 2.60. The first-order valence-electron chi connectivity index (χ1n) is 18.9. The van der Waals surface area contributed by atoms with Crippen LogP contribution in [-0.2, 0) is 26.5 Å². The van der Waals surface area contributed by atoms with Crippen LogP contribution < -0.4 is 29.9 Å². The van der Waals surface area contributed by atoms with Gasteiger partial charge in [-0.25, -0.2) is 0 Å². The summed E-state index contributed by atoms with van der Waals surface area (Å²) in [6.07, 6.45) is 1.71. The zero-order chi connectivity index (χ0) is 37.0. The second-order valence-corrected chi connectivity index (χ2v) is 20.4. The van der Waals surface area contributed by atoms with Gasteiger partial charge in [0.2, 0.25) is 0 Å². The van der Waals surface area contributed by atoms with Crippen LogP contribution in [0.2, 0.25) is 18.6 Å². The summed E-state index contributed by atoms with van der Waals surface area (Å²) in [4.78, 5) is 35.3. The van der Waals surface area contributed by atoms with Gasteiger partial charge < -0.3 is 29.7 Å². The average molecular weight is 731 g/mol. The number of anilines is 3. The van der Waals surface area contributed by atoms with E-state index in [0.717, 1.165) is 59.9 Å². The lowest BCUT2D eigenvalue weighted by Crippen LogP contribution is -2.55. The lowest BCUT2D eigenvalue weighted by atomic mass is 9.82. The first-order chi connectivity index (χ1) is 25.7.